The first-order chi connectivity index (χ1) is 5.86. The second kappa shape index (κ2) is 3.33. The quantitative estimate of drug-likeness (QED) is 0.620. The van der Waals surface area contributed by atoms with Crippen LogP contribution < -0.4 is 5.32 Å². The van der Waals surface area contributed by atoms with E-state index in [4.69, 9.17) is 0 Å². The van der Waals surface area contributed by atoms with Gasteiger partial charge in [0.25, 0.3) is 0 Å². The fraction of sp³-hybridized carbons (Fsp3) is 0.889. The number of nitrogens with zero attached hydrogens (tertiary/aromatic N) is 2. The molecule has 0 aromatic heterocycles. The van der Waals surface area contributed by atoms with Crippen molar-refractivity contribution in [3.05, 3.63) is 0 Å². The SMILES string of the molecule is O=C1[N]CCN1CCCC1CC1. The molecule has 0 N–H and O–H groups in total. The number of hydrogen-bond donors (Lipinski definition) is 0. The predicted octanol–water partition coefficient (Wildman–Crippen LogP) is 1.22. The van der Waals surface area contributed by atoms with Crippen LogP contribution in [0.4, 0.5) is 4.79 Å². The van der Waals surface area contributed by atoms with Crippen LogP contribution >= 0.6 is 0 Å². The van der Waals surface area contributed by atoms with Gasteiger partial charge in [-0.25, -0.2) is 10.1 Å². The van der Waals surface area contributed by atoms with Crippen molar-refractivity contribution in [2.75, 3.05) is 19.6 Å². The highest BCUT2D eigenvalue weighted by molar-refractivity contribution is 5.75. The molecule has 0 aromatic rings. The van der Waals surface area contributed by atoms with Gasteiger partial charge in [-0.3, -0.25) is 0 Å². The average Bonchev–Trinajstić information content (AvgIpc) is 2.78. The topological polar surface area (TPSA) is 34.4 Å². The third-order valence-electron chi connectivity index (χ3n) is 2.62. The van der Waals surface area contributed by atoms with Gasteiger partial charge >= 0.3 is 6.03 Å². The zero-order valence-electron chi connectivity index (χ0n) is 7.33. The predicted molar refractivity (Wildman–Crippen MR) is 45.9 cm³/mol. The summed E-state index contributed by atoms with van der Waals surface area (Å²) >= 11 is 0. The van der Waals surface area contributed by atoms with Crippen molar-refractivity contribution in [3.8, 4) is 0 Å². The zero-order chi connectivity index (χ0) is 8.39. The van der Waals surface area contributed by atoms with E-state index in [1.165, 1.54) is 25.7 Å². The first kappa shape index (κ1) is 7.90. The summed E-state index contributed by atoms with van der Waals surface area (Å²) in [5, 5.41) is 3.82. The zero-order valence-corrected chi connectivity index (χ0v) is 7.33. The fourth-order valence-corrected chi connectivity index (χ4v) is 1.65. The molecule has 1 aliphatic carbocycles. The normalized spacial score (nSPS) is 23.0. The Kier molecular flexibility index (Phi) is 2.19. The van der Waals surface area contributed by atoms with Crippen molar-refractivity contribution < 1.29 is 4.79 Å². The largest absolute Gasteiger partial charge is 0.339 e. The third-order valence-corrected chi connectivity index (χ3v) is 2.62. The Morgan fingerprint density at radius 1 is 1.50 bits per heavy atom. The molecular weight excluding hydrogens is 152 g/mol. The van der Waals surface area contributed by atoms with Gasteiger partial charge in [-0.05, 0) is 18.8 Å². The summed E-state index contributed by atoms with van der Waals surface area (Å²) in [5.41, 5.74) is 0. The number of carbonyl (C=O) groups excluding carboxylic acids is 1. The van der Waals surface area contributed by atoms with Gasteiger partial charge in [-0.2, -0.15) is 0 Å². The van der Waals surface area contributed by atoms with E-state index < -0.39 is 0 Å². The molecule has 3 nitrogen and oxygen atoms in total. The molecular formula is C9H15N2O. The minimum Gasteiger partial charge on any atom is -0.321 e. The molecule has 2 aliphatic rings. The summed E-state index contributed by atoms with van der Waals surface area (Å²) < 4.78 is 0. The van der Waals surface area contributed by atoms with Crippen molar-refractivity contribution >= 4 is 6.03 Å². The van der Waals surface area contributed by atoms with Gasteiger partial charge in [0.1, 0.15) is 0 Å². The highest BCUT2D eigenvalue weighted by atomic mass is 16.2. The first-order valence-electron chi connectivity index (χ1n) is 4.82. The maximum atomic E-state index is 11.0. The van der Waals surface area contributed by atoms with Crippen LogP contribution in [0.1, 0.15) is 25.7 Å². The summed E-state index contributed by atoms with van der Waals surface area (Å²) in [7, 11) is 0. The summed E-state index contributed by atoms with van der Waals surface area (Å²) in [4.78, 5) is 12.9. The van der Waals surface area contributed by atoms with E-state index >= 15 is 0 Å². The van der Waals surface area contributed by atoms with E-state index in [1.807, 2.05) is 4.90 Å². The Hall–Kier alpha value is -0.730. The van der Waals surface area contributed by atoms with Gasteiger partial charge in [0.05, 0.1) is 6.54 Å². The summed E-state index contributed by atoms with van der Waals surface area (Å²) in [6.07, 6.45) is 5.31. The Morgan fingerprint density at radius 2 is 2.33 bits per heavy atom. The highest BCUT2D eigenvalue weighted by Gasteiger charge is 2.23. The maximum absolute atomic E-state index is 11.0. The molecule has 2 amide bonds. The summed E-state index contributed by atoms with van der Waals surface area (Å²) in [6.45, 7) is 2.49. The third kappa shape index (κ3) is 1.90. The van der Waals surface area contributed by atoms with E-state index in [-0.39, 0.29) is 6.03 Å². The van der Waals surface area contributed by atoms with Crippen LogP contribution in [0, 0.1) is 5.92 Å². The van der Waals surface area contributed by atoms with E-state index in [0.29, 0.717) is 6.54 Å². The number of hydrogen-bond acceptors (Lipinski definition) is 1. The molecule has 1 saturated heterocycles. The lowest BCUT2D eigenvalue weighted by Gasteiger charge is -2.12. The summed E-state index contributed by atoms with van der Waals surface area (Å²) in [5.74, 6) is 0.986. The van der Waals surface area contributed by atoms with Crippen molar-refractivity contribution in [2.24, 2.45) is 5.92 Å². The maximum Gasteiger partial charge on any atom is 0.339 e. The van der Waals surface area contributed by atoms with Gasteiger partial charge in [-0.15, -0.1) is 0 Å². The molecule has 1 aliphatic heterocycles. The summed E-state index contributed by atoms with van der Waals surface area (Å²) in [6, 6.07) is 0.00537. The molecule has 1 radical (unpaired) electrons. The minimum atomic E-state index is 0.00537. The van der Waals surface area contributed by atoms with E-state index in [1.54, 1.807) is 0 Å². The van der Waals surface area contributed by atoms with Gasteiger partial charge in [0.15, 0.2) is 0 Å². The Morgan fingerprint density at radius 3 is 2.92 bits per heavy atom. The molecule has 3 heteroatoms. The second-order valence-electron chi connectivity index (χ2n) is 3.74. The lowest BCUT2D eigenvalue weighted by atomic mass is 10.2. The number of carbonyl (C=O) groups is 1. The van der Waals surface area contributed by atoms with E-state index in [0.717, 1.165) is 19.0 Å². The molecule has 1 heterocycles. The lowest BCUT2D eigenvalue weighted by Crippen LogP contribution is -2.26. The number of amides is 2. The van der Waals surface area contributed by atoms with Crippen molar-refractivity contribution in [1.29, 1.82) is 0 Å². The molecule has 0 atom stereocenters. The lowest BCUT2D eigenvalue weighted by molar-refractivity contribution is 0.216. The molecule has 2 fully saturated rings. The van der Waals surface area contributed by atoms with Crippen LogP contribution in [0.5, 0.6) is 0 Å². The van der Waals surface area contributed by atoms with Gasteiger partial charge < -0.3 is 4.90 Å². The van der Waals surface area contributed by atoms with Crippen LogP contribution in [0.3, 0.4) is 0 Å². The van der Waals surface area contributed by atoms with E-state index in [9.17, 15) is 4.79 Å². The molecule has 2 rings (SSSR count). The molecule has 67 valence electrons. The van der Waals surface area contributed by atoms with Crippen LogP contribution in [-0.2, 0) is 0 Å². The van der Waals surface area contributed by atoms with Gasteiger partial charge in [-0.1, -0.05) is 12.8 Å². The first-order valence-corrected chi connectivity index (χ1v) is 4.82. The smallest absolute Gasteiger partial charge is 0.321 e. The van der Waals surface area contributed by atoms with Crippen LogP contribution in [-0.4, -0.2) is 30.6 Å². The fourth-order valence-electron chi connectivity index (χ4n) is 1.65. The molecule has 0 unspecified atom stereocenters. The number of urea groups is 1. The molecule has 0 bridgehead atoms. The van der Waals surface area contributed by atoms with Crippen molar-refractivity contribution in [1.82, 2.24) is 10.2 Å². The Labute approximate surface area is 73.1 Å². The van der Waals surface area contributed by atoms with Crippen LogP contribution in [0.25, 0.3) is 0 Å². The minimum absolute atomic E-state index is 0.00537. The van der Waals surface area contributed by atoms with E-state index in [2.05, 4.69) is 5.32 Å². The molecule has 0 aromatic carbocycles. The number of rotatable bonds is 4. The Bertz CT molecular complexity index is 177. The van der Waals surface area contributed by atoms with Crippen LogP contribution in [0.2, 0.25) is 0 Å². The molecule has 0 spiro atoms. The second-order valence-corrected chi connectivity index (χ2v) is 3.74. The monoisotopic (exact) mass is 167 g/mol. The van der Waals surface area contributed by atoms with Crippen molar-refractivity contribution in [3.63, 3.8) is 0 Å². The molecule has 1 saturated carbocycles. The van der Waals surface area contributed by atoms with Gasteiger partial charge in [0, 0.05) is 13.1 Å². The average molecular weight is 167 g/mol. The standard InChI is InChI=1S/C9H15N2O/c12-9-10-5-7-11(9)6-1-2-8-3-4-8/h8H,1-7H2. The van der Waals surface area contributed by atoms with Gasteiger partial charge in [0.2, 0.25) is 0 Å². The van der Waals surface area contributed by atoms with Crippen LogP contribution in [0.15, 0.2) is 0 Å². The highest BCUT2D eigenvalue weighted by Crippen LogP contribution is 2.33. The Balaban J connectivity index is 1.61. The van der Waals surface area contributed by atoms with Crippen molar-refractivity contribution in [2.45, 2.75) is 25.7 Å². The molecule has 12 heavy (non-hydrogen) atoms.